The Balaban J connectivity index is 1.56. The van der Waals surface area contributed by atoms with Gasteiger partial charge in [-0.25, -0.2) is 27.2 Å². The van der Waals surface area contributed by atoms with Gasteiger partial charge in [-0.1, -0.05) is 6.92 Å². The molecular formula is C25H26F2N6O5S. The summed E-state index contributed by atoms with van der Waals surface area (Å²) in [5, 5.41) is 5.33. The summed E-state index contributed by atoms with van der Waals surface area (Å²) in [6.07, 6.45) is 3.01. The third-order valence-electron chi connectivity index (χ3n) is 5.66. The molecule has 0 bridgehead atoms. The average Bonchev–Trinajstić information content (AvgIpc) is 3.36. The van der Waals surface area contributed by atoms with Crippen LogP contribution in [0, 0.1) is 11.6 Å². The van der Waals surface area contributed by atoms with Gasteiger partial charge >= 0.3 is 0 Å². The number of anilines is 3. The predicted molar refractivity (Wildman–Crippen MR) is 142 cm³/mol. The summed E-state index contributed by atoms with van der Waals surface area (Å²) in [7, 11) is -0.743. The van der Waals surface area contributed by atoms with E-state index in [1.54, 1.807) is 33.3 Å². The molecule has 11 nitrogen and oxygen atoms in total. The smallest absolute Gasteiger partial charge is 0.257 e. The van der Waals surface area contributed by atoms with E-state index in [9.17, 15) is 22.0 Å². The second-order valence-electron chi connectivity index (χ2n) is 8.34. The minimum Gasteiger partial charge on any atom is -0.497 e. The Kier molecular flexibility index (Phi) is 8.14. The van der Waals surface area contributed by atoms with Crippen molar-refractivity contribution < 1.29 is 31.5 Å². The van der Waals surface area contributed by atoms with Gasteiger partial charge in [0, 0.05) is 24.4 Å². The lowest BCUT2D eigenvalue weighted by Crippen LogP contribution is -2.19. The number of nitrogens with zero attached hydrogens (tertiary/aromatic N) is 3. The van der Waals surface area contributed by atoms with Crippen molar-refractivity contribution in [3.8, 4) is 11.5 Å². The van der Waals surface area contributed by atoms with Gasteiger partial charge in [0.2, 0.25) is 16.0 Å². The fourth-order valence-electron chi connectivity index (χ4n) is 3.77. The molecule has 4 aromatic rings. The Labute approximate surface area is 223 Å². The zero-order chi connectivity index (χ0) is 28.2. The molecule has 2 aromatic carbocycles. The van der Waals surface area contributed by atoms with Gasteiger partial charge in [-0.05, 0) is 36.8 Å². The zero-order valence-electron chi connectivity index (χ0n) is 21.3. The number of carbonyl (C=O) groups excluding carboxylic acids is 1. The number of hydrogen-bond donors (Lipinski definition) is 3. The summed E-state index contributed by atoms with van der Waals surface area (Å²) in [5.74, 6) is -1.82. The van der Waals surface area contributed by atoms with Gasteiger partial charge in [-0.3, -0.25) is 13.9 Å². The first-order valence-electron chi connectivity index (χ1n) is 11.7. The van der Waals surface area contributed by atoms with E-state index in [1.807, 2.05) is 6.07 Å². The second-order valence-corrected chi connectivity index (χ2v) is 10.2. The largest absolute Gasteiger partial charge is 0.497 e. The lowest BCUT2D eigenvalue weighted by atomic mass is 10.2. The van der Waals surface area contributed by atoms with Crippen molar-refractivity contribution in [2.45, 2.75) is 19.9 Å². The lowest BCUT2D eigenvalue weighted by Gasteiger charge is -2.12. The number of hydrogen-bond acceptors (Lipinski definition) is 8. The number of benzene rings is 2. The number of fused-ring (bicyclic) bond motifs is 1. The first kappa shape index (κ1) is 27.6. The maximum atomic E-state index is 15.0. The van der Waals surface area contributed by atoms with Gasteiger partial charge < -0.3 is 20.1 Å². The number of ether oxygens (including phenoxy) is 2. The molecule has 0 atom stereocenters. The van der Waals surface area contributed by atoms with Crippen molar-refractivity contribution in [2.24, 2.45) is 0 Å². The highest BCUT2D eigenvalue weighted by Gasteiger charge is 2.21. The third kappa shape index (κ3) is 6.17. The van der Waals surface area contributed by atoms with E-state index in [-0.39, 0.29) is 11.3 Å². The van der Waals surface area contributed by atoms with Gasteiger partial charge in [0.1, 0.15) is 35.0 Å². The van der Waals surface area contributed by atoms with Crippen molar-refractivity contribution in [2.75, 3.05) is 35.3 Å². The number of amides is 1. The summed E-state index contributed by atoms with van der Waals surface area (Å²) in [6, 6.07) is 8.59. The molecule has 0 aliphatic carbocycles. The maximum absolute atomic E-state index is 15.0. The maximum Gasteiger partial charge on any atom is 0.257 e. The van der Waals surface area contributed by atoms with E-state index in [0.717, 1.165) is 17.7 Å². The van der Waals surface area contributed by atoms with Crippen LogP contribution in [-0.2, 0) is 16.6 Å². The van der Waals surface area contributed by atoms with Gasteiger partial charge in [0.15, 0.2) is 5.82 Å². The molecule has 0 radical (unpaired) electrons. The highest BCUT2D eigenvalue weighted by Crippen LogP contribution is 2.28. The van der Waals surface area contributed by atoms with Crippen LogP contribution in [-0.4, -0.2) is 48.7 Å². The van der Waals surface area contributed by atoms with Crippen LogP contribution in [0.2, 0.25) is 0 Å². The van der Waals surface area contributed by atoms with Crippen molar-refractivity contribution in [1.29, 1.82) is 0 Å². The third-order valence-corrected chi connectivity index (χ3v) is 7.14. The highest BCUT2D eigenvalue weighted by atomic mass is 32.2. The van der Waals surface area contributed by atoms with Gasteiger partial charge in [-0.15, -0.1) is 0 Å². The van der Waals surface area contributed by atoms with Crippen molar-refractivity contribution >= 4 is 38.9 Å². The van der Waals surface area contributed by atoms with E-state index >= 15 is 0 Å². The number of rotatable bonds is 11. The minimum absolute atomic E-state index is 0.0383. The molecule has 0 aliphatic rings. The summed E-state index contributed by atoms with van der Waals surface area (Å²) in [5.41, 5.74) is -0.0650. The zero-order valence-corrected chi connectivity index (χ0v) is 22.1. The first-order chi connectivity index (χ1) is 18.7. The normalized spacial score (nSPS) is 11.3. The quantitative estimate of drug-likeness (QED) is 0.250. The Hall–Kier alpha value is -4.46. The predicted octanol–water partition coefficient (Wildman–Crippen LogP) is 4.04. The number of methoxy groups -OCH3 is 2. The van der Waals surface area contributed by atoms with Gasteiger partial charge in [-0.2, -0.15) is 0 Å². The summed E-state index contributed by atoms with van der Waals surface area (Å²) in [6.45, 7) is 1.96. The molecule has 0 fully saturated rings. The molecule has 0 saturated carbocycles. The van der Waals surface area contributed by atoms with Crippen molar-refractivity contribution in [1.82, 2.24) is 14.4 Å². The molecule has 0 spiro atoms. The SMILES string of the molecule is CCCS(=O)(=O)Nc1ccc(F)c(NC(=O)c2cc3ncnc(NCc4ccc(OC)cc4OC)n3c2)c1F. The monoisotopic (exact) mass is 560 g/mol. The molecule has 2 heterocycles. The summed E-state index contributed by atoms with van der Waals surface area (Å²) < 4.78 is 67.7. The Morgan fingerprint density at radius 2 is 1.87 bits per heavy atom. The van der Waals surface area contributed by atoms with E-state index in [0.29, 0.717) is 36.1 Å². The van der Waals surface area contributed by atoms with Crippen molar-refractivity contribution in [3.63, 3.8) is 0 Å². The molecule has 0 unspecified atom stereocenters. The van der Waals surface area contributed by atoms with E-state index in [4.69, 9.17) is 9.47 Å². The van der Waals surface area contributed by atoms with Crippen LogP contribution in [0.1, 0.15) is 29.3 Å². The van der Waals surface area contributed by atoms with Crippen LogP contribution in [0.3, 0.4) is 0 Å². The van der Waals surface area contributed by atoms with E-state index < -0.39 is 38.9 Å². The molecule has 1 amide bonds. The molecular weight excluding hydrogens is 534 g/mol. The van der Waals surface area contributed by atoms with Gasteiger partial charge in [0.05, 0.1) is 31.2 Å². The molecule has 39 heavy (non-hydrogen) atoms. The molecule has 0 aliphatic heterocycles. The number of nitrogens with one attached hydrogen (secondary N) is 3. The van der Waals surface area contributed by atoms with Crippen LogP contribution in [0.25, 0.3) is 5.65 Å². The molecule has 14 heteroatoms. The average molecular weight is 561 g/mol. The fraction of sp³-hybridized carbons (Fsp3) is 0.240. The minimum atomic E-state index is -3.84. The molecule has 2 aromatic heterocycles. The van der Waals surface area contributed by atoms with Crippen LogP contribution >= 0.6 is 0 Å². The van der Waals surface area contributed by atoms with Crippen LogP contribution in [0.4, 0.5) is 26.1 Å². The fourth-order valence-corrected chi connectivity index (χ4v) is 4.90. The van der Waals surface area contributed by atoms with Crippen LogP contribution in [0.15, 0.2) is 48.9 Å². The molecule has 4 rings (SSSR count). The molecule has 206 valence electrons. The Bertz CT molecular complexity index is 1630. The van der Waals surface area contributed by atoms with Crippen molar-refractivity contribution in [3.05, 3.63) is 71.7 Å². The topological polar surface area (TPSA) is 136 Å². The highest BCUT2D eigenvalue weighted by molar-refractivity contribution is 7.92. The van der Waals surface area contributed by atoms with Gasteiger partial charge in [0.25, 0.3) is 5.91 Å². The molecule has 3 N–H and O–H groups in total. The van der Waals surface area contributed by atoms with E-state index in [1.165, 1.54) is 23.0 Å². The Morgan fingerprint density at radius 1 is 1.08 bits per heavy atom. The second kappa shape index (κ2) is 11.5. The Morgan fingerprint density at radius 3 is 2.59 bits per heavy atom. The first-order valence-corrected chi connectivity index (χ1v) is 13.4. The molecule has 0 saturated heterocycles. The summed E-state index contributed by atoms with van der Waals surface area (Å²) in [4.78, 5) is 21.3. The standard InChI is InChI=1S/C25H26F2N6O5S/c1-4-9-39(35,36)32-19-8-7-18(26)23(22(19)27)31-24(34)16-10-21-29-14-30-25(33(21)13-16)28-12-15-5-6-17(37-2)11-20(15)38-3/h5-8,10-11,13-14,32H,4,9,12H2,1-3H3,(H,31,34)(H,28,29,30). The number of carbonyl (C=O) groups is 1. The van der Waals surface area contributed by atoms with Crippen LogP contribution < -0.4 is 24.8 Å². The van der Waals surface area contributed by atoms with Crippen LogP contribution in [0.5, 0.6) is 11.5 Å². The number of halogens is 2. The number of sulfonamides is 1. The van der Waals surface area contributed by atoms with E-state index in [2.05, 4.69) is 25.3 Å². The lowest BCUT2D eigenvalue weighted by molar-refractivity contribution is 0.102. The summed E-state index contributed by atoms with van der Waals surface area (Å²) >= 11 is 0. The number of aromatic nitrogens is 3.